The number of benzene rings is 1. The van der Waals surface area contributed by atoms with E-state index in [1.165, 1.54) is 6.20 Å². The zero-order chi connectivity index (χ0) is 25.3. The van der Waals surface area contributed by atoms with Crippen LogP contribution in [0.4, 0.5) is 4.79 Å². The Hall–Kier alpha value is -2.18. The Morgan fingerprint density at radius 2 is 2.00 bits per heavy atom. The number of carbonyl (C=O) groups is 1. The number of sulfone groups is 1. The van der Waals surface area contributed by atoms with Gasteiger partial charge < -0.3 is 24.3 Å². The lowest BCUT2D eigenvalue weighted by atomic mass is 10.2. The second-order valence-electron chi connectivity index (χ2n) is 8.24. The maximum Gasteiger partial charge on any atom is 0.317 e. The predicted octanol–water partition coefficient (Wildman–Crippen LogP) is 2.02. The zero-order valence-electron chi connectivity index (χ0n) is 20.3. The average Bonchev–Trinajstić information content (AvgIpc) is 3.25. The molecule has 10 nitrogen and oxygen atoms in total. The van der Waals surface area contributed by atoms with Crippen LogP contribution in [0.1, 0.15) is 18.2 Å². The third kappa shape index (κ3) is 7.65. The van der Waals surface area contributed by atoms with Gasteiger partial charge in [-0.15, -0.1) is 0 Å². The molecule has 2 heterocycles. The Kier molecular flexibility index (Phi) is 10.4. The Morgan fingerprint density at radius 1 is 1.26 bits per heavy atom. The van der Waals surface area contributed by atoms with Crippen LogP contribution in [-0.4, -0.2) is 93.5 Å². The highest BCUT2D eigenvalue weighted by Crippen LogP contribution is 2.23. The first-order valence-corrected chi connectivity index (χ1v) is 13.7. The van der Waals surface area contributed by atoms with Crippen LogP contribution in [0, 0.1) is 0 Å². The van der Waals surface area contributed by atoms with E-state index >= 15 is 0 Å². The van der Waals surface area contributed by atoms with Gasteiger partial charge in [0, 0.05) is 51.4 Å². The molecule has 2 aromatic rings. The van der Waals surface area contributed by atoms with Gasteiger partial charge in [-0.25, -0.2) is 18.2 Å². The van der Waals surface area contributed by atoms with Crippen molar-refractivity contribution in [3.8, 4) is 0 Å². The fraction of sp³-hybridized carbons (Fsp3) is 0.565. The van der Waals surface area contributed by atoms with Crippen molar-refractivity contribution in [3.05, 3.63) is 46.7 Å². The summed E-state index contributed by atoms with van der Waals surface area (Å²) in [6.07, 6.45) is 1.52. The molecule has 1 aliphatic heterocycles. The monoisotopic (exact) mass is 527 g/mol. The number of nitrogens with one attached hydrogen (secondary N) is 1. The van der Waals surface area contributed by atoms with Gasteiger partial charge in [-0.3, -0.25) is 4.90 Å². The Labute approximate surface area is 212 Å². The summed E-state index contributed by atoms with van der Waals surface area (Å²) in [6, 6.07) is 6.64. The smallest absolute Gasteiger partial charge is 0.317 e. The Morgan fingerprint density at radius 3 is 2.69 bits per heavy atom. The number of urea groups is 1. The van der Waals surface area contributed by atoms with Gasteiger partial charge in [0.15, 0.2) is 0 Å². The van der Waals surface area contributed by atoms with Gasteiger partial charge in [0.25, 0.3) is 0 Å². The van der Waals surface area contributed by atoms with Crippen LogP contribution < -0.4 is 5.32 Å². The summed E-state index contributed by atoms with van der Waals surface area (Å²) < 4.78 is 38.9. The van der Waals surface area contributed by atoms with E-state index in [4.69, 9.17) is 21.1 Å². The van der Waals surface area contributed by atoms with Crippen molar-refractivity contribution in [1.82, 2.24) is 24.7 Å². The molecule has 1 aromatic carbocycles. The molecule has 0 bridgehead atoms. The van der Waals surface area contributed by atoms with Crippen molar-refractivity contribution in [3.63, 3.8) is 0 Å². The summed E-state index contributed by atoms with van der Waals surface area (Å²) in [5.74, 6) is -0.271. The van der Waals surface area contributed by atoms with Crippen molar-refractivity contribution >= 4 is 27.5 Å². The summed E-state index contributed by atoms with van der Waals surface area (Å²) in [4.78, 5) is 21.0. The third-order valence-corrected chi connectivity index (χ3v) is 7.70. The largest absolute Gasteiger partial charge is 0.383 e. The number of carbonyl (C=O) groups excluding carboxylic acids is 1. The number of morpholine rings is 1. The molecule has 1 fully saturated rings. The molecule has 0 radical (unpaired) electrons. The van der Waals surface area contributed by atoms with Gasteiger partial charge in [0.05, 0.1) is 44.0 Å². The van der Waals surface area contributed by atoms with Crippen LogP contribution in [0.15, 0.2) is 35.6 Å². The standard InChI is InChI=1S/C23H34ClN5O5S/c1-3-25-22(30)28(9-8-27-10-14-34-15-11-27)17-20-16-26-23(29(20)12-13-33-2)35(31,32)18-19-6-4-5-7-21(19)24/h4-7,16H,3,8-15,17-18H2,1-2H3,(H,25,30). The van der Waals surface area contributed by atoms with Gasteiger partial charge in [0.1, 0.15) is 0 Å². The molecule has 12 heteroatoms. The fourth-order valence-corrected chi connectivity index (χ4v) is 5.70. The molecule has 0 unspecified atom stereocenters. The van der Waals surface area contributed by atoms with Gasteiger partial charge in [-0.05, 0) is 18.6 Å². The number of nitrogens with zero attached hydrogens (tertiary/aromatic N) is 4. The first kappa shape index (κ1) is 27.4. The molecule has 0 aliphatic carbocycles. The van der Waals surface area contributed by atoms with Crippen LogP contribution in [0.2, 0.25) is 5.02 Å². The second-order valence-corrected chi connectivity index (χ2v) is 10.5. The van der Waals surface area contributed by atoms with Crippen molar-refractivity contribution in [2.24, 2.45) is 0 Å². The minimum atomic E-state index is -3.80. The van der Waals surface area contributed by atoms with E-state index in [0.29, 0.717) is 55.7 Å². The van der Waals surface area contributed by atoms with E-state index in [0.717, 1.165) is 13.1 Å². The topological polar surface area (TPSA) is 106 Å². The summed E-state index contributed by atoms with van der Waals surface area (Å²) >= 11 is 6.20. The van der Waals surface area contributed by atoms with E-state index in [-0.39, 0.29) is 30.0 Å². The Bertz CT molecular complexity index is 1070. The molecule has 3 rings (SSSR count). The highest BCUT2D eigenvalue weighted by molar-refractivity contribution is 7.90. The van der Waals surface area contributed by atoms with Gasteiger partial charge in [0.2, 0.25) is 15.0 Å². The molecule has 1 saturated heterocycles. The van der Waals surface area contributed by atoms with E-state index in [9.17, 15) is 13.2 Å². The van der Waals surface area contributed by atoms with E-state index in [1.807, 2.05) is 6.92 Å². The molecule has 1 aromatic heterocycles. The maximum atomic E-state index is 13.3. The van der Waals surface area contributed by atoms with E-state index in [2.05, 4.69) is 15.2 Å². The number of rotatable bonds is 12. The molecule has 2 amide bonds. The van der Waals surface area contributed by atoms with Crippen LogP contribution >= 0.6 is 11.6 Å². The molecule has 0 spiro atoms. The molecule has 194 valence electrons. The summed E-state index contributed by atoms with van der Waals surface area (Å²) in [6.45, 7) is 7.34. The molecule has 1 aliphatic rings. The summed E-state index contributed by atoms with van der Waals surface area (Å²) in [7, 11) is -2.25. The quantitative estimate of drug-likeness (QED) is 0.450. The number of methoxy groups -OCH3 is 1. The number of hydrogen-bond acceptors (Lipinski definition) is 7. The first-order chi connectivity index (χ1) is 16.9. The number of aromatic nitrogens is 2. The van der Waals surface area contributed by atoms with Gasteiger partial charge >= 0.3 is 6.03 Å². The van der Waals surface area contributed by atoms with Crippen molar-refractivity contribution in [2.45, 2.75) is 30.9 Å². The van der Waals surface area contributed by atoms with Crippen LogP contribution in [0.5, 0.6) is 0 Å². The second kappa shape index (κ2) is 13.2. The predicted molar refractivity (Wildman–Crippen MR) is 133 cm³/mol. The first-order valence-electron chi connectivity index (χ1n) is 11.7. The van der Waals surface area contributed by atoms with Crippen LogP contribution in [-0.2, 0) is 38.2 Å². The minimum absolute atomic E-state index is 0.0616. The van der Waals surface area contributed by atoms with Crippen LogP contribution in [0.25, 0.3) is 0 Å². The molecular weight excluding hydrogens is 494 g/mol. The highest BCUT2D eigenvalue weighted by Gasteiger charge is 2.26. The normalized spacial score (nSPS) is 14.7. The third-order valence-electron chi connectivity index (χ3n) is 5.76. The maximum absolute atomic E-state index is 13.3. The molecule has 0 saturated carbocycles. The SMILES string of the molecule is CCNC(=O)N(CCN1CCOCC1)Cc1cnc(S(=O)(=O)Cc2ccccc2Cl)n1CCOC. The minimum Gasteiger partial charge on any atom is -0.383 e. The fourth-order valence-electron chi connectivity index (χ4n) is 3.87. The Balaban J connectivity index is 1.84. The number of ether oxygens (including phenoxy) is 2. The van der Waals surface area contributed by atoms with Crippen molar-refractivity contribution < 1.29 is 22.7 Å². The van der Waals surface area contributed by atoms with E-state index in [1.54, 1.807) is 40.8 Å². The average molecular weight is 528 g/mol. The molecule has 1 N–H and O–H groups in total. The number of imidazole rings is 1. The van der Waals surface area contributed by atoms with Crippen molar-refractivity contribution in [1.29, 1.82) is 0 Å². The molecular formula is C23H34ClN5O5S. The highest BCUT2D eigenvalue weighted by atomic mass is 35.5. The van der Waals surface area contributed by atoms with Crippen molar-refractivity contribution in [2.75, 3.05) is 59.7 Å². The lowest BCUT2D eigenvalue weighted by molar-refractivity contribution is 0.0346. The molecule has 35 heavy (non-hydrogen) atoms. The van der Waals surface area contributed by atoms with Gasteiger partial charge in [-0.1, -0.05) is 29.8 Å². The lowest BCUT2D eigenvalue weighted by Crippen LogP contribution is -2.46. The van der Waals surface area contributed by atoms with E-state index < -0.39 is 9.84 Å². The lowest BCUT2D eigenvalue weighted by Gasteiger charge is -2.30. The van der Waals surface area contributed by atoms with Gasteiger partial charge in [-0.2, -0.15) is 0 Å². The zero-order valence-corrected chi connectivity index (χ0v) is 21.9. The van der Waals surface area contributed by atoms with Crippen LogP contribution in [0.3, 0.4) is 0 Å². The molecule has 0 atom stereocenters. The number of amides is 2. The summed E-state index contributed by atoms with van der Waals surface area (Å²) in [5.41, 5.74) is 1.12. The number of halogens is 1. The number of hydrogen-bond donors (Lipinski definition) is 1. The summed E-state index contributed by atoms with van der Waals surface area (Å²) in [5, 5.41) is 3.17.